The van der Waals surface area contributed by atoms with Crippen LogP contribution in [0.5, 0.6) is 5.75 Å². The monoisotopic (exact) mass is 324 g/mol. The van der Waals surface area contributed by atoms with Gasteiger partial charge in [-0.25, -0.2) is 4.39 Å². The zero-order valence-electron chi connectivity index (χ0n) is 10.6. The molecule has 0 aliphatic rings. The molecule has 0 spiro atoms. The highest BCUT2D eigenvalue weighted by Crippen LogP contribution is 2.24. The molecule has 0 unspecified atom stereocenters. The second-order valence-electron chi connectivity index (χ2n) is 4.17. The number of aromatic hydroxyl groups is 1. The molecule has 4 nitrogen and oxygen atoms in total. The average molecular weight is 325 g/mol. The van der Waals surface area contributed by atoms with Gasteiger partial charge in [0.2, 0.25) is 0 Å². The van der Waals surface area contributed by atoms with Crippen LogP contribution in [0.2, 0.25) is 5.02 Å². The van der Waals surface area contributed by atoms with Crippen molar-refractivity contribution in [2.45, 2.75) is 0 Å². The topological polar surface area (TPSA) is 75.3 Å². The molecule has 0 radical (unpaired) electrons. The Kier molecular flexibility index (Phi) is 4.40. The number of benzene rings is 2. The maximum absolute atomic E-state index is 13.8. The van der Waals surface area contributed by atoms with Crippen molar-refractivity contribution in [1.82, 2.24) is 0 Å². The summed E-state index contributed by atoms with van der Waals surface area (Å²) in [5.74, 6) is -1.63. The molecule has 0 saturated heterocycles. The van der Waals surface area contributed by atoms with Gasteiger partial charge in [-0.3, -0.25) is 4.79 Å². The van der Waals surface area contributed by atoms with Crippen LogP contribution in [0, 0.1) is 5.82 Å². The lowest BCUT2D eigenvalue weighted by Crippen LogP contribution is -2.14. The quantitative estimate of drug-likeness (QED) is 0.758. The van der Waals surface area contributed by atoms with Crippen LogP contribution in [-0.2, 0) is 0 Å². The Bertz CT molecular complexity index is 737. The Morgan fingerprint density at radius 3 is 2.57 bits per heavy atom. The van der Waals surface area contributed by atoms with Crippen molar-refractivity contribution in [2.75, 3.05) is 5.32 Å². The van der Waals surface area contributed by atoms with Crippen molar-refractivity contribution in [3.8, 4) is 5.75 Å². The largest absolute Gasteiger partial charge is 0.507 e. The predicted octanol–water partition coefficient (Wildman–Crippen LogP) is 3.07. The van der Waals surface area contributed by atoms with Gasteiger partial charge in [-0.1, -0.05) is 23.8 Å². The molecule has 0 aliphatic carbocycles. The molecule has 108 valence electrons. The molecular weight excluding hydrogens is 315 g/mol. The molecule has 1 amide bonds. The van der Waals surface area contributed by atoms with Crippen LogP contribution in [0.3, 0.4) is 0 Å². The molecule has 0 heterocycles. The van der Waals surface area contributed by atoms with Crippen LogP contribution in [0.1, 0.15) is 15.9 Å². The summed E-state index contributed by atoms with van der Waals surface area (Å²) in [7, 11) is 0. The molecule has 2 rings (SSSR count). The average Bonchev–Trinajstić information content (AvgIpc) is 2.40. The van der Waals surface area contributed by atoms with Crippen molar-refractivity contribution in [3.63, 3.8) is 0 Å². The fourth-order valence-corrected chi connectivity index (χ4v) is 1.95. The van der Waals surface area contributed by atoms with Gasteiger partial charge in [0.05, 0.1) is 11.3 Å². The van der Waals surface area contributed by atoms with Crippen molar-refractivity contribution in [3.05, 3.63) is 58.4 Å². The summed E-state index contributed by atoms with van der Waals surface area (Å²) in [6, 6.07) is 7.97. The van der Waals surface area contributed by atoms with Crippen LogP contribution in [0.4, 0.5) is 10.1 Å². The van der Waals surface area contributed by atoms with Crippen LogP contribution in [0.15, 0.2) is 36.4 Å². The van der Waals surface area contributed by atoms with E-state index in [2.05, 4.69) is 5.32 Å². The number of anilines is 1. The summed E-state index contributed by atoms with van der Waals surface area (Å²) >= 11 is 10.4. The Balaban J connectivity index is 2.25. The van der Waals surface area contributed by atoms with E-state index >= 15 is 0 Å². The van der Waals surface area contributed by atoms with E-state index in [1.165, 1.54) is 30.3 Å². The molecule has 2 aromatic carbocycles. The van der Waals surface area contributed by atoms with E-state index in [0.717, 1.165) is 6.07 Å². The Morgan fingerprint density at radius 2 is 2.00 bits per heavy atom. The third-order valence-corrected chi connectivity index (χ3v) is 3.18. The number of rotatable bonds is 3. The van der Waals surface area contributed by atoms with Gasteiger partial charge < -0.3 is 16.2 Å². The van der Waals surface area contributed by atoms with Crippen LogP contribution >= 0.6 is 23.8 Å². The number of carbonyl (C=O) groups excluding carboxylic acids is 1. The second kappa shape index (κ2) is 6.07. The van der Waals surface area contributed by atoms with Gasteiger partial charge in [-0.05, 0) is 36.4 Å². The number of nitrogens with two attached hydrogens (primary N) is 1. The number of phenols is 1. The molecule has 0 fully saturated rings. The SMILES string of the molecule is NC(=S)c1ccc(NC(=O)c2ccc(Cl)cc2O)c(F)c1. The zero-order valence-corrected chi connectivity index (χ0v) is 12.1. The first kappa shape index (κ1) is 15.2. The van der Waals surface area contributed by atoms with E-state index in [-0.39, 0.29) is 27.0 Å². The standard InChI is InChI=1S/C14H10ClFN2O2S/c15-8-2-3-9(12(19)6-8)14(20)18-11-4-1-7(13(17)21)5-10(11)16/h1-6,19H,(H2,17,21)(H,18,20). The highest BCUT2D eigenvalue weighted by molar-refractivity contribution is 7.80. The summed E-state index contributed by atoms with van der Waals surface area (Å²) in [5, 5.41) is 12.3. The van der Waals surface area contributed by atoms with E-state index < -0.39 is 11.7 Å². The molecule has 21 heavy (non-hydrogen) atoms. The fourth-order valence-electron chi connectivity index (χ4n) is 1.66. The highest BCUT2D eigenvalue weighted by atomic mass is 35.5. The van der Waals surface area contributed by atoms with Crippen LogP contribution in [0.25, 0.3) is 0 Å². The molecule has 0 atom stereocenters. The normalized spacial score (nSPS) is 10.2. The van der Waals surface area contributed by atoms with E-state index in [9.17, 15) is 14.3 Å². The van der Waals surface area contributed by atoms with Gasteiger partial charge in [0.25, 0.3) is 5.91 Å². The minimum atomic E-state index is -0.679. The van der Waals surface area contributed by atoms with Gasteiger partial charge in [-0.2, -0.15) is 0 Å². The van der Waals surface area contributed by atoms with E-state index in [1.807, 2.05) is 0 Å². The Labute approximate surface area is 130 Å². The fraction of sp³-hybridized carbons (Fsp3) is 0. The van der Waals surface area contributed by atoms with Crippen molar-refractivity contribution >= 4 is 40.4 Å². The van der Waals surface area contributed by atoms with Crippen molar-refractivity contribution < 1.29 is 14.3 Å². The zero-order chi connectivity index (χ0) is 15.6. The van der Waals surface area contributed by atoms with Crippen molar-refractivity contribution in [1.29, 1.82) is 0 Å². The van der Waals surface area contributed by atoms with Crippen LogP contribution in [-0.4, -0.2) is 16.0 Å². The Hall–Kier alpha value is -2.18. The van der Waals surface area contributed by atoms with Gasteiger partial charge in [0.15, 0.2) is 0 Å². The minimum Gasteiger partial charge on any atom is -0.507 e. The van der Waals surface area contributed by atoms with E-state index in [1.54, 1.807) is 0 Å². The maximum atomic E-state index is 13.8. The third-order valence-electron chi connectivity index (χ3n) is 2.71. The number of nitrogens with one attached hydrogen (secondary N) is 1. The first-order valence-electron chi connectivity index (χ1n) is 5.77. The van der Waals surface area contributed by atoms with Crippen LogP contribution < -0.4 is 11.1 Å². The summed E-state index contributed by atoms with van der Waals surface area (Å²) in [6.45, 7) is 0. The summed E-state index contributed by atoms with van der Waals surface area (Å²) in [4.78, 5) is 12.0. The maximum Gasteiger partial charge on any atom is 0.259 e. The number of carbonyl (C=O) groups is 1. The number of hydrogen-bond acceptors (Lipinski definition) is 3. The third kappa shape index (κ3) is 3.48. The first-order chi connectivity index (χ1) is 9.88. The minimum absolute atomic E-state index is 0.0165. The molecule has 0 aromatic heterocycles. The lowest BCUT2D eigenvalue weighted by molar-refractivity contribution is 0.102. The number of phenolic OH excluding ortho intramolecular Hbond substituents is 1. The predicted molar refractivity (Wildman–Crippen MR) is 83.4 cm³/mol. The highest BCUT2D eigenvalue weighted by Gasteiger charge is 2.14. The summed E-state index contributed by atoms with van der Waals surface area (Å²) < 4.78 is 13.8. The van der Waals surface area contributed by atoms with E-state index in [4.69, 9.17) is 29.6 Å². The van der Waals surface area contributed by atoms with Crippen molar-refractivity contribution in [2.24, 2.45) is 5.73 Å². The molecular formula is C14H10ClFN2O2S. The van der Waals surface area contributed by atoms with Gasteiger partial charge >= 0.3 is 0 Å². The summed E-state index contributed by atoms with van der Waals surface area (Å²) in [6.07, 6.45) is 0. The molecule has 0 aliphatic heterocycles. The molecule has 0 bridgehead atoms. The number of thiocarbonyl (C=S) groups is 1. The molecule has 4 N–H and O–H groups in total. The van der Waals surface area contributed by atoms with Gasteiger partial charge in [0.1, 0.15) is 16.6 Å². The lowest BCUT2D eigenvalue weighted by atomic mass is 10.1. The van der Waals surface area contributed by atoms with Gasteiger partial charge in [-0.15, -0.1) is 0 Å². The Morgan fingerprint density at radius 1 is 1.29 bits per heavy atom. The molecule has 2 aromatic rings. The lowest BCUT2D eigenvalue weighted by Gasteiger charge is -2.09. The number of halogens is 2. The molecule has 0 saturated carbocycles. The first-order valence-corrected chi connectivity index (χ1v) is 6.56. The van der Waals surface area contributed by atoms with Gasteiger partial charge in [0, 0.05) is 10.6 Å². The van der Waals surface area contributed by atoms with E-state index in [0.29, 0.717) is 5.56 Å². The smallest absolute Gasteiger partial charge is 0.259 e. The number of hydrogen-bond donors (Lipinski definition) is 3. The molecule has 7 heteroatoms. The summed E-state index contributed by atoms with van der Waals surface area (Å²) in [5.41, 5.74) is 5.68. The second-order valence-corrected chi connectivity index (χ2v) is 5.05. The number of amides is 1.